The van der Waals surface area contributed by atoms with Gasteiger partial charge in [0.2, 0.25) is 11.8 Å². The van der Waals surface area contributed by atoms with E-state index in [1.165, 1.54) is 5.56 Å². The van der Waals surface area contributed by atoms with Crippen molar-refractivity contribution in [2.24, 2.45) is 5.10 Å². The lowest BCUT2D eigenvalue weighted by atomic mass is 10.0. The number of hydrogen-bond acceptors (Lipinski definition) is 4. The third kappa shape index (κ3) is 4.06. The van der Waals surface area contributed by atoms with Crippen molar-refractivity contribution < 1.29 is 9.21 Å². The van der Waals surface area contributed by atoms with Crippen LogP contribution in [0.2, 0.25) is 0 Å². The average Bonchev–Trinajstić information content (AvgIpc) is 3.12. The molecule has 0 aliphatic carbocycles. The lowest BCUT2D eigenvalue weighted by Gasteiger charge is -2.06. The van der Waals surface area contributed by atoms with Crippen LogP contribution in [0, 0.1) is 52.9 Å². The molecular formula is C24H26N4O2. The third-order valence-corrected chi connectivity index (χ3v) is 5.39. The number of nitrogens with zero attached hydrogens (tertiary/aromatic N) is 3. The van der Waals surface area contributed by atoms with Gasteiger partial charge in [-0.05, 0) is 58.7 Å². The van der Waals surface area contributed by atoms with E-state index in [0.29, 0.717) is 11.4 Å². The Labute approximate surface area is 176 Å². The lowest BCUT2D eigenvalue weighted by molar-refractivity contribution is -0.120. The van der Waals surface area contributed by atoms with Gasteiger partial charge in [0.1, 0.15) is 17.4 Å². The van der Waals surface area contributed by atoms with Crippen LogP contribution in [0.5, 0.6) is 0 Å². The molecule has 0 spiro atoms. The van der Waals surface area contributed by atoms with E-state index in [9.17, 15) is 10.1 Å². The fourth-order valence-electron chi connectivity index (χ4n) is 3.56. The zero-order valence-corrected chi connectivity index (χ0v) is 18.3. The lowest BCUT2D eigenvalue weighted by Crippen LogP contribution is -2.20. The van der Waals surface area contributed by atoms with Crippen LogP contribution in [-0.2, 0) is 11.2 Å². The monoisotopic (exact) mass is 402 g/mol. The number of carbonyl (C=O) groups excluding carboxylic acids is 1. The molecule has 1 N–H and O–H groups in total. The van der Waals surface area contributed by atoms with Gasteiger partial charge in [0.25, 0.3) is 0 Å². The maximum Gasteiger partial charge on any atom is 0.244 e. The summed E-state index contributed by atoms with van der Waals surface area (Å²) in [5.74, 6) is 1.07. The highest BCUT2D eigenvalue weighted by atomic mass is 16.4. The molecule has 1 aromatic carbocycles. The minimum atomic E-state index is -0.170. The Morgan fingerprint density at radius 3 is 2.60 bits per heavy atom. The summed E-state index contributed by atoms with van der Waals surface area (Å²) >= 11 is 0. The normalized spacial score (nSPS) is 11.1. The van der Waals surface area contributed by atoms with Gasteiger partial charge in [-0.15, -0.1) is 0 Å². The number of carbonyl (C=O) groups is 1. The topological polar surface area (TPSA) is 83.3 Å². The molecule has 3 rings (SSSR count). The number of amides is 1. The van der Waals surface area contributed by atoms with Crippen LogP contribution in [0.3, 0.4) is 0 Å². The van der Waals surface area contributed by atoms with Crippen molar-refractivity contribution in [3.63, 3.8) is 0 Å². The van der Waals surface area contributed by atoms with Crippen LogP contribution >= 0.6 is 0 Å². The SMILES string of the molecule is Cc1ccc(CC(=O)N/N=C/c2cc(C)n(-c3oc(C)c(C)c3C#N)c2C)c(C)c1. The van der Waals surface area contributed by atoms with Crippen LogP contribution in [0.25, 0.3) is 5.88 Å². The van der Waals surface area contributed by atoms with Crippen molar-refractivity contribution in [1.82, 2.24) is 9.99 Å². The molecule has 6 nitrogen and oxygen atoms in total. The van der Waals surface area contributed by atoms with Gasteiger partial charge in [-0.3, -0.25) is 9.36 Å². The second-order valence-electron chi connectivity index (χ2n) is 7.64. The predicted octanol–water partition coefficient (Wildman–Crippen LogP) is 4.49. The molecule has 3 aromatic rings. The number of hydrazone groups is 1. The Bertz CT molecular complexity index is 1190. The maximum absolute atomic E-state index is 12.3. The van der Waals surface area contributed by atoms with Gasteiger partial charge in [-0.2, -0.15) is 10.4 Å². The second kappa shape index (κ2) is 8.42. The van der Waals surface area contributed by atoms with E-state index in [4.69, 9.17) is 4.42 Å². The quantitative estimate of drug-likeness (QED) is 0.504. The molecule has 1 amide bonds. The molecule has 0 fully saturated rings. The molecule has 0 aliphatic heterocycles. The molecule has 0 aliphatic rings. The Morgan fingerprint density at radius 2 is 1.93 bits per heavy atom. The third-order valence-electron chi connectivity index (χ3n) is 5.39. The molecule has 2 heterocycles. The second-order valence-corrected chi connectivity index (χ2v) is 7.64. The summed E-state index contributed by atoms with van der Waals surface area (Å²) in [4.78, 5) is 12.3. The number of hydrogen-bond donors (Lipinski definition) is 1. The number of furan rings is 1. The smallest absolute Gasteiger partial charge is 0.244 e. The average molecular weight is 402 g/mol. The highest BCUT2D eigenvalue weighted by Crippen LogP contribution is 2.28. The highest BCUT2D eigenvalue weighted by molar-refractivity contribution is 5.85. The maximum atomic E-state index is 12.3. The van der Waals surface area contributed by atoms with Gasteiger partial charge < -0.3 is 4.42 Å². The van der Waals surface area contributed by atoms with E-state index in [-0.39, 0.29) is 12.3 Å². The van der Waals surface area contributed by atoms with E-state index in [2.05, 4.69) is 22.7 Å². The number of aromatic nitrogens is 1. The zero-order chi connectivity index (χ0) is 22.0. The standard InChI is InChI=1S/C24H26N4O2/c1-14-7-8-20(15(2)9-14)11-23(29)27-26-13-21-10-16(3)28(18(21)5)24-22(12-25)17(4)19(6)30-24/h7-10,13H,11H2,1-6H3,(H,27,29)/b26-13+. The molecule has 0 atom stereocenters. The van der Waals surface area contributed by atoms with E-state index in [1.54, 1.807) is 6.21 Å². The molecule has 0 unspecified atom stereocenters. The molecule has 0 saturated heterocycles. The first kappa shape index (κ1) is 21.1. The number of aryl methyl sites for hydroxylation is 4. The van der Waals surface area contributed by atoms with Crippen molar-refractivity contribution in [2.45, 2.75) is 48.0 Å². The molecule has 0 bridgehead atoms. The van der Waals surface area contributed by atoms with Gasteiger partial charge in [-0.1, -0.05) is 23.8 Å². The molecular weight excluding hydrogens is 376 g/mol. The molecule has 30 heavy (non-hydrogen) atoms. The van der Waals surface area contributed by atoms with Crippen molar-refractivity contribution >= 4 is 12.1 Å². The van der Waals surface area contributed by atoms with Gasteiger partial charge in [0.15, 0.2) is 0 Å². The van der Waals surface area contributed by atoms with Crippen LogP contribution in [-0.4, -0.2) is 16.7 Å². The summed E-state index contributed by atoms with van der Waals surface area (Å²) in [7, 11) is 0. The van der Waals surface area contributed by atoms with E-state index < -0.39 is 0 Å². The molecule has 6 heteroatoms. The zero-order valence-electron chi connectivity index (χ0n) is 18.3. The van der Waals surface area contributed by atoms with Crippen molar-refractivity contribution in [1.29, 1.82) is 5.26 Å². The Balaban J connectivity index is 1.78. The summed E-state index contributed by atoms with van der Waals surface area (Å²) in [5, 5.41) is 13.6. The molecule has 2 aromatic heterocycles. The van der Waals surface area contributed by atoms with Gasteiger partial charge >= 0.3 is 0 Å². The fraction of sp³-hybridized carbons (Fsp3) is 0.292. The number of benzene rings is 1. The van der Waals surface area contributed by atoms with Gasteiger partial charge in [0.05, 0.1) is 12.6 Å². The summed E-state index contributed by atoms with van der Waals surface area (Å²) in [6.45, 7) is 11.6. The van der Waals surface area contributed by atoms with Crippen LogP contribution in [0.4, 0.5) is 0 Å². The Kier molecular flexibility index (Phi) is 5.93. The van der Waals surface area contributed by atoms with E-state index in [0.717, 1.165) is 39.4 Å². The Morgan fingerprint density at radius 1 is 1.20 bits per heavy atom. The summed E-state index contributed by atoms with van der Waals surface area (Å²) < 4.78 is 7.75. The summed E-state index contributed by atoms with van der Waals surface area (Å²) in [5.41, 5.74) is 9.86. The number of rotatable bonds is 5. The number of nitriles is 1. The van der Waals surface area contributed by atoms with Crippen molar-refractivity contribution in [3.05, 3.63) is 74.8 Å². The van der Waals surface area contributed by atoms with Crippen LogP contribution in [0.15, 0.2) is 33.8 Å². The van der Waals surface area contributed by atoms with E-state index in [1.807, 2.05) is 64.3 Å². The highest BCUT2D eigenvalue weighted by Gasteiger charge is 2.20. The van der Waals surface area contributed by atoms with Crippen molar-refractivity contribution in [2.75, 3.05) is 0 Å². The summed E-state index contributed by atoms with van der Waals surface area (Å²) in [6.07, 6.45) is 1.90. The number of nitrogens with one attached hydrogen (secondary N) is 1. The first-order chi connectivity index (χ1) is 14.2. The molecule has 0 saturated carbocycles. The molecule has 154 valence electrons. The van der Waals surface area contributed by atoms with Gasteiger partial charge in [0, 0.05) is 22.5 Å². The Hall–Kier alpha value is -3.59. The first-order valence-electron chi connectivity index (χ1n) is 9.80. The predicted molar refractivity (Wildman–Crippen MR) is 117 cm³/mol. The summed E-state index contributed by atoms with van der Waals surface area (Å²) in [6, 6.07) is 10.2. The first-order valence-corrected chi connectivity index (χ1v) is 9.80. The van der Waals surface area contributed by atoms with Crippen LogP contribution in [0.1, 0.15) is 50.5 Å². The largest absolute Gasteiger partial charge is 0.443 e. The minimum Gasteiger partial charge on any atom is -0.443 e. The van der Waals surface area contributed by atoms with Crippen molar-refractivity contribution in [3.8, 4) is 12.0 Å². The molecule has 0 radical (unpaired) electrons. The minimum absolute atomic E-state index is 0.170. The van der Waals surface area contributed by atoms with E-state index >= 15 is 0 Å². The van der Waals surface area contributed by atoms with Gasteiger partial charge in [-0.25, -0.2) is 5.43 Å². The fourth-order valence-corrected chi connectivity index (χ4v) is 3.56. The van der Waals surface area contributed by atoms with Crippen LogP contribution < -0.4 is 5.43 Å².